The van der Waals surface area contributed by atoms with Crippen LogP contribution in [-0.4, -0.2) is 18.1 Å². The lowest BCUT2D eigenvalue weighted by molar-refractivity contribution is 0.0596. The number of fused-ring (bicyclic) bond motifs is 1. The highest BCUT2D eigenvalue weighted by molar-refractivity contribution is 6.61. The molecular formula is C14H12BNO4. The van der Waals surface area contributed by atoms with E-state index in [1.54, 1.807) is 30.3 Å². The van der Waals surface area contributed by atoms with Crippen LogP contribution in [0, 0.1) is 0 Å². The Morgan fingerprint density at radius 1 is 1.25 bits per heavy atom. The van der Waals surface area contributed by atoms with E-state index in [9.17, 15) is 9.82 Å². The van der Waals surface area contributed by atoms with Gasteiger partial charge in [0.2, 0.25) is 0 Å². The average Bonchev–Trinajstić information content (AvgIpc) is 2.87. The van der Waals surface area contributed by atoms with E-state index in [4.69, 9.17) is 9.49 Å². The maximum atomic E-state index is 11.9. The Morgan fingerprint density at radius 3 is 2.85 bits per heavy atom. The summed E-state index contributed by atoms with van der Waals surface area (Å²) in [6, 6.07) is 14.1. The van der Waals surface area contributed by atoms with Crippen molar-refractivity contribution >= 4 is 24.2 Å². The van der Waals surface area contributed by atoms with Gasteiger partial charge >= 0.3 is 13.1 Å². The summed E-state index contributed by atoms with van der Waals surface area (Å²) in [6.45, 7) is 0.355. The summed E-state index contributed by atoms with van der Waals surface area (Å²) in [7, 11) is -0.972. The summed E-state index contributed by atoms with van der Waals surface area (Å²) in [4.78, 5) is 16.9. The van der Waals surface area contributed by atoms with Gasteiger partial charge in [-0.3, -0.25) is 0 Å². The number of para-hydroxylation sites is 1. The largest absolute Gasteiger partial charge is 0.491 e. The summed E-state index contributed by atoms with van der Waals surface area (Å²) in [5.74, 6) is -0.518. The number of carbonyl (C=O) groups excluding carboxylic acids is 1. The molecule has 100 valence electrons. The second-order valence-corrected chi connectivity index (χ2v) is 4.43. The zero-order valence-corrected chi connectivity index (χ0v) is 10.6. The quantitative estimate of drug-likeness (QED) is 0.644. The molecule has 0 atom stereocenters. The minimum absolute atomic E-state index is 0.355. The number of hydrogen-bond donors (Lipinski definition) is 2. The van der Waals surface area contributed by atoms with Crippen molar-refractivity contribution in [3.05, 3.63) is 59.7 Å². The monoisotopic (exact) mass is 269 g/mol. The fourth-order valence-electron chi connectivity index (χ4n) is 2.01. The van der Waals surface area contributed by atoms with Crippen molar-refractivity contribution in [2.45, 2.75) is 6.61 Å². The molecule has 0 saturated carbocycles. The fourth-order valence-corrected chi connectivity index (χ4v) is 2.01. The van der Waals surface area contributed by atoms with Gasteiger partial charge in [-0.2, -0.15) is 0 Å². The van der Waals surface area contributed by atoms with Gasteiger partial charge in [0, 0.05) is 0 Å². The Bertz CT molecular complexity index is 632. The maximum Gasteiger partial charge on any atom is 0.491 e. The van der Waals surface area contributed by atoms with Crippen LogP contribution in [0.2, 0.25) is 0 Å². The molecule has 0 saturated heterocycles. The van der Waals surface area contributed by atoms with Crippen molar-refractivity contribution in [3.63, 3.8) is 0 Å². The second-order valence-electron chi connectivity index (χ2n) is 4.43. The molecule has 0 fully saturated rings. The van der Waals surface area contributed by atoms with E-state index in [2.05, 4.69) is 5.48 Å². The molecule has 1 aliphatic heterocycles. The predicted octanol–water partition coefficient (Wildman–Crippen LogP) is 1.09. The van der Waals surface area contributed by atoms with Crippen LogP contribution in [0.3, 0.4) is 0 Å². The highest BCUT2D eigenvalue weighted by Gasteiger charge is 2.28. The van der Waals surface area contributed by atoms with Crippen LogP contribution in [0.25, 0.3) is 0 Å². The standard InChI is InChI=1S/C14H12BNO4/c17-14(20-16-12-4-2-1-3-5-12)10-6-7-11-9-19-15(18)13(11)8-10/h1-8,16,18H,9H2. The van der Waals surface area contributed by atoms with Gasteiger partial charge in [0.15, 0.2) is 0 Å². The summed E-state index contributed by atoms with van der Waals surface area (Å²) in [5.41, 5.74) is 5.11. The number of rotatable bonds is 3. The molecule has 0 aliphatic carbocycles. The van der Waals surface area contributed by atoms with Crippen LogP contribution >= 0.6 is 0 Å². The topological polar surface area (TPSA) is 67.8 Å². The van der Waals surface area contributed by atoms with E-state index >= 15 is 0 Å². The Kier molecular flexibility index (Phi) is 3.41. The van der Waals surface area contributed by atoms with Crippen molar-refractivity contribution in [2.75, 3.05) is 5.48 Å². The first kappa shape index (κ1) is 12.7. The van der Waals surface area contributed by atoms with Gasteiger partial charge in [-0.15, -0.1) is 0 Å². The number of benzene rings is 2. The van der Waals surface area contributed by atoms with Crippen molar-refractivity contribution in [3.8, 4) is 0 Å². The van der Waals surface area contributed by atoms with Gasteiger partial charge in [0.25, 0.3) is 0 Å². The number of hydrogen-bond acceptors (Lipinski definition) is 5. The van der Waals surface area contributed by atoms with Crippen molar-refractivity contribution in [1.29, 1.82) is 0 Å². The fraction of sp³-hybridized carbons (Fsp3) is 0.0714. The van der Waals surface area contributed by atoms with Gasteiger partial charge in [0.05, 0.1) is 17.9 Å². The Balaban J connectivity index is 1.70. The Labute approximate surface area is 116 Å². The Hall–Kier alpha value is -2.31. The first-order chi connectivity index (χ1) is 9.74. The molecule has 2 N–H and O–H groups in total. The van der Waals surface area contributed by atoms with E-state index in [1.165, 1.54) is 0 Å². The zero-order valence-electron chi connectivity index (χ0n) is 10.6. The van der Waals surface area contributed by atoms with Crippen molar-refractivity contribution in [2.24, 2.45) is 0 Å². The summed E-state index contributed by atoms with van der Waals surface area (Å²) < 4.78 is 5.08. The van der Waals surface area contributed by atoms with Crippen LogP contribution < -0.4 is 10.9 Å². The third kappa shape index (κ3) is 2.52. The van der Waals surface area contributed by atoms with E-state index in [0.717, 1.165) is 5.56 Å². The SMILES string of the molecule is O=C(ONc1ccccc1)c1ccc2c(c1)B(O)OC2. The average molecular weight is 269 g/mol. The molecule has 6 heteroatoms. The van der Waals surface area contributed by atoms with Crippen LogP contribution in [-0.2, 0) is 16.1 Å². The molecule has 0 amide bonds. The zero-order chi connectivity index (χ0) is 13.9. The van der Waals surface area contributed by atoms with Gasteiger partial charge in [-0.1, -0.05) is 24.3 Å². The van der Waals surface area contributed by atoms with Crippen LogP contribution in [0.15, 0.2) is 48.5 Å². The third-order valence-corrected chi connectivity index (χ3v) is 3.08. The second kappa shape index (κ2) is 5.36. The maximum absolute atomic E-state index is 11.9. The predicted molar refractivity (Wildman–Crippen MR) is 74.3 cm³/mol. The number of anilines is 1. The van der Waals surface area contributed by atoms with Gasteiger partial charge in [-0.25, -0.2) is 10.3 Å². The molecule has 0 spiro atoms. The van der Waals surface area contributed by atoms with E-state index in [0.29, 0.717) is 23.3 Å². The molecule has 1 heterocycles. The summed E-state index contributed by atoms with van der Waals surface area (Å²) in [6.07, 6.45) is 0. The van der Waals surface area contributed by atoms with Gasteiger partial charge in [0.1, 0.15) is 0 Å². The molecule has 0 unspecified atom stereocenters. The van der Waals surface area contributed by atoms with Crippen LogP contribution in [0.4, 0.5) is 5.69 Å². The number of carbonyl (C=O) groups is 1. The summed E-state index contributed by atoms with van der Waals surface area (Å²) >= 11 is 0. The van der Waals surface area contributed by atoms with E-state index in [-0.39, 0.29) is 0 Å². The molecule has 3 rings (SSSR count). The van der Waals surface area contributed by atoms with Gasteiger partial charge in [-0.05, 0) is 35.3 Å². The first-order valence-corrected chi connectivity index (χ1v) is 6.19. The number of nitrogens with one attached hydrogen (secondary N) is 1. The molecule has 5 nitrogen and oxygen atoms in total. The minimum Gasteiger partial charge on any atom is -0.423 e. The van der Waals surface area contributed by atoms with Crippen molar-refractivity contribution in [1.82, 2.24) is 0 Å². The Morgan fingerprint density at radius 2 is 2.05 bits per heavy atom. The molecule has 0 aromatic heterocycles. The van der Waals surface area contributed by atoms with E-state index in [1.807, 2.05) is 18.2 Å². The highest BCUT2D eigenvalue weighted by Crippen LogP contribution is 2.13. The molecule has 0 bridgehead atoms. The van der Waals surface area contributed by atoms with Gasteiger partial charge < -0.3 is 14.5 Å². The smallest absolute Gasteiger partial charge is 0.423 e. The molecule has 20 heavy (non-hydrogen) atoms. The lowest BCUT2D eigenvalue weighted by atomic mass is 9.79. The highest BCUT2D eigenvalue weighted by atomic mass is 16.7. The van der Waals surface area contributed by atoms with Crippen molar-refractivity contribution < 1.29 is 19.3 Å². The van der Waals surface area contributed by atoms with Crippen LogP contribution in [0.1, 0.15) is 15.9 Å². The minimum atomic E-state index is -0.972. The lowest BCUT2D eigenvalue weighted by Crippen LogP contribution is -2.29. The molecule has 1 aliphatic rings. The molecule has 2 aromatic carbocycles. The first-order valence-electron chi connectivity index (χ1n) is 6.19. The lowest BCUT2D eigenvalue weighted by Gasteiger charge is -2.07. The van der Waals surface area contributed by atoms with Crippen LogP contribution in [0.5, 0.6) is 0 Å². The summed E-state index contributed by atoms with van der Waals surface area (Å²) in [5, 5.41) is 9.61. The van der Waals surface area contributed by atoms with E-state index < -0.39 is 13.1 Å². The normalized spacial score (nSPS) is 12.9. The third-order valence-electron chi connectivity index (χ3n) is 3.08. The molecule has 2 aromatic rings. The molecular weight excluding hydrogens is 257 g/mol. The molecule has 0 radical (unpaired) electrons.